The molecule has 0 bridgehead atoms. The molecule has 0 aliphatic rings. The van der Waals surface area contributed by atoms with E-state index in [-0.39, 0.29) is 11.3 Å². The van der Waals surface area contributed by atoms with Crippen LogP contribution in [0.25, 0.3) is 0 Å². The van der Waals surface area contributed by atoms with Crippen LogP contribution in [0.5, 0.6) is 0 Å². The summed E-state index contributed by atoms with van der Waals surface area (Å²) in [6, 6.07) is 8.87. The first kappa shape index (κ1) is 12.4. The third-order valence-corrected chi connectivity index (χ3v) is 2.76. The van der Waals surface area contributed by atoms with Gasteiger partial charge in [-0.15, -0.1) is 0 Å². The van der Waals surface area contributed by atoms with Gasteiger partial charge in [-0.05, 0) is 24.3 Å². The average molecular weight is 308 g/mol. The van der Waals surface area contributed by atoms with E-state index >= 15 is 0 Å². The number of carboxylic acids is 1. The number of carbonyl (C=O) groups is 1. The summed E-state index contributed by atoms with van der Waals surface area (Å²) < 4.78 is 0.918. The minimum absolute atomic E-state index is 0.0301. The van der Waals surface area contributed by atoms with Gasteiger partial charge in [0, 0.05) is 10.2 Å². The first-order chi connectivity index (χ1) is 8.56. The van der Waals surface area contributed by atoms with Crippen molar-refractivity contribution in [2.75, 3.05) is 11.1 Å². The lowest BCUT2D eigenvalue weighted by atomic mass is 10.2. The molecule has 2 rings (SSSR count). The maximum atomic E-state index is 10.9. The summed E-state index contributed by atoms with van der Waals surface area (Å²) in [5, 5.41) is 12.0. The molecule has 0 saturated heterocycles. The van der Waals surface area contributed by atoms with Crippen molar-refractivity contribution in [1.29, 1.82) is 0 Å². The molecule has 0 fully saturated rings. The number of hydrogen-bond acceptors (Lipinski definition) is 4. The van der Waals surface area contributed by atoms with Gasteiger partial charge in [0.25, 0.3) is 0 Å². The molecule has 0 aliphatic heterocycles. The molecule has 0 radical (unpaired) electrons. The Bertz CT molecular complexity index is 602. The Hall–Kier alpha value is -2.08. The van der Waals surface area contributed by atoms with Crippen LogP contribution in [0.2, 0.25) is 0 Å². The van der Waals surface area contributed by atoms with Crippen LogP contribution in [0.1, 0.15) is 10.4 Å². The molecule has 0 atom stereocenters. The second kappa shape index (κ2) is 5.05. The third kappa shape index (κ3) is 2.78. The highest BCUT2D eigenvalue weighted by molar-refractivity contribution is 9.10. The van der Waals surface area contributed by atoms with E-state index in [2.05, 4.69) is 26.2 Å². The molecule has 4 N–H and O–H groups in total. The van der Waals surface area contributed by atoms with Crippen LogP contribution in [0.4, 0.5) is 17.2 Å². The van der Waals surface area contributed by atoms with Gasteiger partial charge in [0.15, 0.2) is 0 Å². The molecule has 1 heterocycles. The number of anilines is 3. The SMILES string of the molecule is Nc1cnc(Nc2cccc(Br)c2)cc1C(=O)O. The summed E-state index contributed by atoms with van der Waals surface area (Å²) >= 11 is 3.35. The summed E-state index contributed by atoms with van der Waals surface area (Å²) in [6.45, 7) is 0. The van der Waals surface area contributed by atoms with Crippen LogP contribution < -0.4 is 11.1 Å². The maximum absolute atomic E-state index is 10.9. The fraction of sp³-hybridized carbons (Fsp3) is 0. The van der Waals surface area contributed by atoms with Crippen molar-refractivity contribution in [1.82, 2.24) is 4.98 Å². The topological polar surface area (TPSA) is 88.2 Å². The number of rotatable bonds is 3. The summed E-state index contributed by atoms with van der Waals surface area (Å²) in [5.74, 6) is -0.646. The number of benzene rings is 1. The monoisotopic (exact) mass is 307 g/mol. The summed E-state index contributed by atoms with van der Waals surface area (Å²) in [4.78, 5) is 15.0. The van der Waals surface area contributed by atoms with Crippen molar-refractivity contribution in [2.45, 2.75) is 0 Å². The van der Waals surface area contributed by atoms with Crippen LogP contribution in [0.15, 0.2) is 41.0 Å². The second-order valence-electron chi connectivity index (χ2n) is 3.60. The number of nitrogens with zero attached hydrogens (tertiary/aromatic N) is 1. The molecule has 0 amide bonds. The number of nitrogens with one attached hydrogen (secondary N) is 1. The van der Waals surface area contributed by atoms with Crippen LogP contribution in [0.3, 0.4) is 0 Å². The van der Waals surface area contributed by atoms with Gasteiger partial charge in [0.05, 0.1) is 17.4 Å². The second-order valence-corrected chi connectivity index (χ2v) is 4.51. The zero-order valence-electron chi connectivity index (χ0n) is 9.22. The Morgan fingerprint density at radius 3 is 2.83 bits per heavy atom. The molecule has 1 aromatic carbocycles. The van der Waals surface area contributed by atoms with E-state index in [0.717, 1.165) is 10.2 Å². The number of hydrogen-bond donors (Lipinski definition) is 3. The minimum atomic E-state index is -1.08. The van der Waals surface area contributed by atoms with E-state index in [1.54, 1.807) is 0 Å². The van der Waals surface area contributed by atoms with Crippen molar-refractivity contribution in [3.05, 3.63) is 46.6 Å². The highest BCUT2D eigenvalue weighted by Gasteiger charge is 2.09. The van der Waals surface area contributed by atoms with Crippen molar-refractivity contribution in [2.24, 2.45) is 0 Å². The van der Waals surface area contributed by atoms with Crippen LogP contribution in [-0.2, 0) is 0 Å². The first-order valence-electron chi connectivity index (χ1n) is 5.07. The fourth-order valence-electron chi connectivity index (χ4n) is 1.43. The Balaban J connectivity index is 2.30. The van der Waals surface area contributed by atoms with Crippen LogP contribution in [0, 0.1) is 0 Å². The highest BCUT2D eigenvalue weighted by Crippen LogP contribution is 2.21. The normalized spacial score (nSPS) is 10.1. The molecule has 0 saturated carbocycles. The van der Waals surface area contributed by atoms with Crippen molar-refractivity contribution in [3.8, 4) is 0 Å². The van der Waals surface area contributed by atoms with Crippen LogP contribution >= 0.6 is 15.9 Å². The van der Waals surface area contributed by atoms with Gasteiger partial charge in [0.2, 0.25) is 0 Å². The number of carboxylic acid groups (broad SMARTS) is 1. The van der Waals surface area contributed by atoms with Gasteiger partial charge < -0.3 is 16.2 Å². The van der Waals surface area contributed by atoms with Crippen molar-refractivity contribution >= 4 is 39.1 Å². The van der Waals surface area contributed by atoms with Gasteiger partial charge in [-0.25, -0.2) is 9.78 Å². The largest absolute Gasteiger partial charge is 0.478 e. The smallest absolute Gasteiger partial charge is 0.337 e. The number of nitrogens with two attached hydrogens (primary N) is 1. The Labute approximate surface area is 112 Å². The van der Waals surface area contributed by atoms with Crippen LogP contribution in [-0.4, -0.2) is 16.1 Å². The molecule has 2 aromatic rings. The first-order valence-corrected chi connectivity index (χ1v) is 5.87. The van der Waals surface area contributed by atoms with Gasteiger partial charge >= 0.3 is 5.97 Å². The third-order valence-electron chi connectivity index (χ3n) is 2.26. The molecule has 92 valence electrons. The van der Waals surface area contributed by atoms with Gasteiger partial charge in [0.1, 0.15) is 5.82 Å². The predicted molar refractivity (Wildman–Crippen MR) is 73.0 cm³/mol. The molecular weight excluding hydrogens is 298 g/mol. The quantitative estimate of drug-likeness (QED) is 0.811. The molecule has 5 nitrogen and oxygen atoms in total. The molecule has 0 spiro atoms. The van der Waals surface area contributed by atoms with E-state index in [4.69, 9.17) is 10.8 Å². The minimum Gasteiger partial charge on any atom is -0.478 e. The van der Waals surface area contributed by atoms with E-state index < -0.39 is 5.97 Å². The number of aromatic nitrogens is 1. The summed E-state index contributed by atoms with van der Waals surface area (Å²) in [6.07, 6.45) is 1.32. The maximum Gasteiger partial charge on any atom is 0.337 e. The molecule has 6 heteroatoms. The van der Waals surface area contributed by atoms with E-state index in [1.165, 1.54) is 12.3 Å². The molecule has 1 aromatic heterocycles. The lowest BCUT2D eigenvalue weighted by molar-refractivity contribution is 0.0698. The molecule has 18 heavy (non-hydrogen) atoms. The summed E-state index contributed by atoms with van der Waals surface area (Å²) in [5.41, 5.74) is 6.50. The number of nitrogen functional groups attached to an aromatic ring is 1. The molecule has 0 aliphatic carbocycles. The number of halogens is 1. The molecule has 0 unspecified atom stereocenters. The highest BCUT2D eigenvalue weighted by atomic mass is 79.9. The Morgan fingerprint density at radius 2 is 2.17 bits per heavy atom. The zero-order valence-corrected chi connectivity index (χ0v) is 10.8. The van der Waals surface area contributed by atoms with Crippen molar-refractivity contribution in [3.63, 3.8) is 0 Å². The van der Waals surface area contributed by atoms with Gasteiger partial charge in [-0.2, -0.15) is 0 Å². The number of pyridine rings is 1. The summed E-state index contributed by atoms with van der Waals surface area (Å²) in [7, 11) is 0. The van der Waals surface area contributed by atoms with Gasteiger partial charge in [-0.3, -0.25) is 0 Å². The van der Waals surface area contributed by atoms with E-state index in [0.29, 0.717) is 5.82 Å². The average Bonchev–Trinajstić information content (AvgIpc) is 2.31. The van der Waals surface area contributed by atoms with Gasteiger partial charge in [-0.1, -0.05) is 22.0 Å². The van der Waals surface area contributed by atoms with Crippen molar-refractivity contribution < 1.29 is 9.90 Å². The zero-order chi connectivity index (χ0) is 13.1. The lowest BCUT2D eigenvalue weighted by Crippen LogP contribution is -2.05. The predicted octanol–water partition coefficient (Wildman–Crippen LogP) is 2.87. The standard InChI is InChI=1S/C12H10BrN3O2/c13-7-2-1-3-8(4-7)16-11-5-9(12(17)18)10(14)6-15-11/h1-6H,14H2,(H,15,16)(H,17,18). The Morgan fingerprint density at radius 1 is 1.39 bits per heavy atom. The van der Waals surface area contributed by atoms with E-state index in [1.807, 2.05) is 24.3 Å². The number of aromatic carboxylic acids is 1. The fourth-order valence-corrected chi connectivity index (χ4v) is 1.83. The van der Waals surface area contributed by atoms with E-state index in [9.17, 15) is 4.79 Å². The molecular formula is C12H10BrN3O2. The lowest BCUT2D eigenvalue weighted by Gasteiger charge is -2.07. The Kier molecular flexibility index (Phi) is 3.47.